The molecule has 0 aliphatic carbocycles. The van der Waals surface area contributed by atoms with Crippen LogP contribution in [0.4, 0.5) is 5.69 Å². The SMILES string of the molecule is O=C(NC1CCN(c2ccccc2Br)C1)C1CNC1. The molecule has 4 nitrogen and oxygen atoms in total. The number of anilines is 1. The number of carbonyl (C=O) groups excluding carboxylic acids is 1. The van der Waals surface area contributed by atoms with E-state index in [0.29, 0.717) is 0 Å². The second-order valence-corrected chi connectivity index (χ2v) is 6.10. The van der Waals surface area contributed by atoms with Crippen molar-refractivity contribution in [3.8, 4) is 0 Å². The molecule has 1 atom stereocenters. The van der Waals surface area contributed by atoms with Crippen molar-refractivity contribution in [3.05, 3.63) is 28.7 Å². The lowest BCUT2D eigenvalue weighted by molar-refractivity contribution is -0.127. The van der Waals surface area contributed by atoms with Gasteiger partial charge in [-0.1, -0.05) is 12.1 Å². The van der Waals surface area contributed by atoms with Gasteiger partial charge in [-0.15, -0.1) is 0 Å². The highest BCUT2D eigenvalue weighted by molar-refractivity contribution is 9.10. The second-order valence-electron chi connectivity index (χ2n) is 5.25. The minimum Gasteiger partial charge on any atom is -0.368 e. The van der Waals surface area contributed by atoms with E-state index in [2.05, 4.69) is 43.6 Å². The van der Waals surface area contributed by atoms with E-state index in [4.69, 9.17) is 0 Å². The molecule has 2 N–H and O–H groups in total. The normalized spacial score (nSPS) is 23.2. The van der Waals surface area contributed by atoms with Crippen molar-refractivity contribution in [1.82, 2.24) is 10.6 Å². The van der Waals surface area contributed by atoms with E-state index in [1.165, 1.54) is 5.69 Å². The predicted octanol–water partition coefficient (Wildman–Crippen LogP) is 1.36. The number of nitrogens with zero attached hydrogens (tertiary/aromatic N) is 1. The van der Waals surface area contributed by atoms with Gasteiger partial charge in [-0.3, -0.25) is 4.79 Å². The van der Waals surface area contributed by atoms with Gasteiger partial charge in [0.1, 0.15) is 0 Å². The standard InChI is InChI=1S/C14H18BrN3O/c15-12-3-1-2-4-13(12)18-6-5-11(9-18)17-14(19)10-7-16-8-10/h1-4,10-11,16H,5-9H2,(H,17,19). The van der Waals surface area contributed by atoms with Crippen LogP contribution in [-0.4, -0.2) is 38.1 Å². The first kappa shape index (κ1) is 12.9. The van der Waals surface area contributed by atoms with E-state index in [1.54, 1.807) is 0 Å². The quantitative estimate of drug-likeness (QED) is 0.883. The summed E-state index contributed by atoms with van der Waals surface area (Å²) in [5.74, 6) is 0.384. The van der Waals surface area contributed by atoms with E-state index < -0.39 is 0 Å². The summed E-state index contributed by atoms with van der Waals surface area (Å²) in [6, 6.07) is 8.52. The van der Waals surface area contributed by atoms with Gasteiger partial charge in [0, 0.05) is 36.7 Å². The molecule has 3 rings (SSSR count). The summed E-state index contributed by atoms with van der Waals surface area (Å²) in [6.45, 7) is 3.55. The lowest BCUT2D eigenvalue weighted by atomic mass is 10.0. The van der Waals surface area contributed by atoms with Crippen LogP contribution >= 0.6 is 15.9 Å². The molecule has 1 aromatic carbocycles. The van der Waals surface area contributed by atoms with Crippen molar-refractivity contribution in [1.29, 1.82) is 0 Å². The van der Waals surface area contributed by atoms with Crippen LogP contribution < -0.4 is 15.5 Å². The number of benzene rings is 1. The third kappa shape index (κ3) is 2.77. The Balaban J connectivity index is 1.58. The summed E-state index contributed by atoms with van der Waals surface area (Å²) in [4.78, 5) is 14.2. The van der Waals surface area contributed by atoms with Crippen LogP contribution in [0.3, 0.4) is 0 Å². The molecule has 2 saturated heterocycles. The third-order valence-corrected chi connectivity index (χ3v) is 4.55. The molecule has 0 bridgehead atoms. The van der Waals surface area contributed by atoms with Crippen molar-refractivity contribution < 1.29 is 4.79 Å². The Bertz CT molecular complexity index is 476. The lowest BCUT2D eigenvalue weighted by Crippen LogP contribution is -2.53. The summed E-state index contributed by atoms with van der Waals surface area (Å²) >= 11 is 3.58. The van der Waals surface area contributed by atoms with Crippen LogP contribution in [0.25, 0.3) is 0 Å². The van der Waals surface area contributed by atoms with Gasteiger partial charge in [0.15, 0.2) is 0 Å². The molecule has 2 fully saturated rings. The molecule has 1 unspecified atom stereocenters. The molecule has 2 heterocycles. The summed E-state index contributed by atoms with van der Waals surface area (Å²) in [5.41, 5.74) is 1.21. The van der Waals surface area contributed by atoms with E-state index in [-0.39, 0.29) is 17.9 Å². The first-order valence-electron chi connectivity index (χ1n) is 6.74. The topological polar surface area (TPSA) is 44.4 Å². The largest absolute Gasteiger partial charge is 0.368 e. The molecule has 0 saturated carbocycles. The van der Waals surface area contributed by atoms with Crippen LogP contribution in [0.15, 0.2) is 28.7 Å². The summed E-state index contributed by atoms with van der Waals surface area (Å²) in [5, 5.41) is 6.30. The maximum absolute atomic E-state index is 11.9. The fourth-order valence-corrected chi connectivity index (χ4v) is 3.13. The van der Waals surface area contributed by atoms with Crippen molar-refractivity contribution in [2.75, 3.05) is 31.1 Å². The minimum atomic E-state index is 0.178. The van der Waals surface area contributed by atoms with Gasteiger partial charge in [-0.2, -0.15) is 0 Å². The molecule has 1 aromatic rings. The number of hydrogen-bond donors (Lipinski definition) is 2. The van der Waals surface area contributed by atoms with Gasteiger partial charge < -0.3 is 15.5 Å². The Hall–Kier alpha value is -1.07. The second kappa shape index (κ2) is 5.51. The summed E-state index contributed by atoms with van der Waals surface area (Å²) in [6.07, 6.45) is 1.02. The summed E-state index contributed by atoms with van der Waals surface area (Å²) in [7, 11) is 0. The average Bonchev–Trinajstić information content (AvgIpc) is 2.75. The number of para-hydroxylation sites is 1. The van der Waals surface area contributed by atoms with Gasteiger partial charge >= 0.3 is 0 Å². The maximum Gasteiger partial charge on any atom is 0.225 e. The van der Waals surface area contributed by atoms with Crippen molar-refractivity contribution >= 4 is 27.5 Å². The molecule has 2 aliphatic rings. The van der Waals surface area contributed by atoms with Crippen LogP contribution in [-0.2, 0) is 4.79 Å². The van der Waals surface area contributed by atoms with E-state index in [1.807, 2.05) is 12.1 Å². The van der Waals surface area contributed by atoms with Crippen LogP contribution in [0, 0.1) is 5.92 Å². The Morgan fingerprint density at radius 1 is 1.37 bits per heavy atom. The summed E-state index contributed by atoms with van der Waals surface area (Å²) < 4.78 is 1.12. The number of nitrogens with one attached hydrogen (secondary N) is 2. The van der Waals surface area contributed by atoms with Gasteiger partial charge in [-0.25, -0.2) is 0 Å². The predicted molar refractivity (Wildman–Crippen MR) is 79.3 cm³/mol. The third-order valence-electron chi connectivity index (χ3n) is 3.88. The molecule has 0 radical (unpaired) electrons. The first-order valence-corrected chi connectivity index (χ1v) is 7.54. The Kier molecular flexibility index (Phi) is 3.75. The number of hydrogen-bond acceptors (Lipinski definition) is 3. The first-order chi connectivity index (χ1) is 9.24. The van der Waals surface area contributed by atoms with Crippen molar-refractivity contribution in [2.45, 2.75) is 12.5 Å². The van der Waals surface area contributed by atoms with Crippen molar-refractivity contribution in [2.24, 2.45) is 5.92 Å². The van der Waals surface area contributed by atoms with Crippen LogP contribution in [0.5, 0.6) is 0 Å². The van der Waals surface area contributed by atoms with Gasteiger partial charge in [0.05, 0.1) is 11.6 Å². The van der Waals surface area contributed by atoms with Crippen LogP contribution in [0.1, 0.15) is 6.42 Å². The monoisotopic (exact) mass is 323 g/mol. The molecule has 0 spiro atoms. The maximum atomic E-state index is 11.9. The smallest absolute Gasteiger partial charge is 0.225 e. The van der Waals surface area contributed by atoms with E-state index >= 15 is 0 Å². The zero-order valence-corrected chi connectivity index (χ0v) is 12.3. The lowest BCUT2D eigenvalue weighted by Gasteiger charge is -2.27. The number of amides is 1. The Labute approximate surface area is 121 Å². The fourth-order valence-electron chi connectivity index (χ4n) is 2.60. The minimum absolute atomic E-state index is 0.178. The molecule has 2 aliphatic heterocycles. The Morgan fingerprint density at radius 3 is 2.84 bits per heavy atom. The molecule has 102 valence electrons. The van der Waals surface area contributed by atoms with Gasteiger partial charge in [0.2, 0.25) is 5.91 Å². The fraction of sp³-hybridized carbons (Fsp3) is 0.500. The number of rotatable bonds is 3. The number of carbonyl (C=O) groups is 1. The molecule has 5 heteroatoms. The highest BCUT2D eigenvalue weighted by atomic mass is 79.9. The van der Waals surface area contributed by atoms with E-state index in [9.17, 15) is 4.79 Å². The number of halogens is 1. The van der Waals surface area contributed by atoms with Gasteiger partial charge in [-0.05, 0) is 34.5 Å². The molecule has 19 heavy (non-hydrogen) atoms. The highest BCUT2D eigenvalue weighted by Crippen LogP contribution is 2.28. The zero-order chi connectivity index (χ0) is 13.2. The highest BCUT2D eigenvalue weighted by Gasteiger charge is 2.30. The van der Waals surface area contributed by atoms with Crippen LogP contribution in [0.2, 0.25) is 0 Å². The van der Waals surface area contributed by atoms with Crippen molar-refractivity contribution in [3.63, 3.8) is 0 Å². The average molecular weight is 324 g/mol. The van der Waals surface area contributed by atoms with Gasteiger partial charge in [0.25, 0.3) is 0 Å². The molecule has 0 aromatic heterocycles. The molecular weight excluding hydrogens is 306 g/mol. The Morgan fingerprint density at radius 2 is 2.16 bits per heavy atom. The zero-order valence-electron chi connectivity index (χ0n) is 10.7. The molecular formula is C14H18BrN3O. The van der Waals surface area contributed by atoms with E-state index in [0.717, 1.165) is 37.1 Å². The molecule has 1 amide bonds.